The first-order valence-electron chi connectivity index (χ1n) is 8.66. The molecule has 0 aliphatic heterocycles. The number of aromatic nitrogens is 1. The molecule has 0 saturated carbocycles. The third kappa shape index (κ3) is 5.52. The second kappa shape index (κ2) is 9.02. The van der Waals surface area contributed by atoms with E-state index in [2.05, 4.69) is 9.71 Å². The number of nitrogens with zero attached hydrogens (tertiary/aromatic N) is 1. The lowest BCUT2D eigenvalue weighted by atomic mass is 10.1. The summed E-state index contributed by atoms with van der Waals surface area (Å²) >= 11 is 0.937. The van der Waals surface area contributed by atoms with Crippen LogP contribution in [0.15, 0.2) is 78.0 Å². The number of hydrogen-bond acceptors (Lipinski definition) is 6. The summed E-state index contributed by atoms with van der Waals surface area (Å²) in [6.07, 6.45) is 1.51. The predicted molar refractivity (Wildman–Crippen MR) is 114 cm³/mol. The van der Waals surface area contributed by atoms with Gasteiger partial charge >= 0.3 is 0 Å². The molecule has 0 aliphatic carbocycles. The molecule has 0 spiro atoms. The van der Waals surface area contributed by atoms with Crippen molar-refractivity contribution in [2.45, 2.75) is 11.9 Å². The van der Waals surface area contributed by atoms with Gasteiger partial charge in [0.2, 0.25) is 0 Å². The van der Waals surface area contributed by atoms with Gasteiger partial charge in [-0.15, -0.1) is 0 Å². The Balaban J connectivity index is 1.70. The lowest BCUT2D eigenvalue weighted by Crippen LogP contribution is -2.14. The number of carbonyl (C=O) groups excluding carboxylic acids is 2. The first kappa shape index (κ1) is 20.8. The monoisotopic (exact) mass is 426 g/mol. The number of benzene rings is 2. The molecule has 6 nitrogen and oxygen atoms in total. The van der Waals surface area contributed by atoms with Crippen LogP contribution in [-0.4, -0.2) is 30.1 Å². The van der Waals surface area contributed by atoms with Gasteiger partial charge in [0.1, 0.15) is 0 Å². The van der Waals surface area contributed by atoms with Gasteiger partial charge in [-0.05, 0) is 42.0 Å². The fraction of sp³-hybridized carbons (Fsp3) is 0.0952. The molecule has 8 heteroatoms. The molecule has 148 valence electrons. The Morgan fingerprint density at radius 2 is 1.62 bits per heavy atom. The fourth-order valence-electron chi connectivity index (χ4n) is 2.52. The molecular weight excluding hydrogens is 408 g/mol. The maximum atomic E-state index is 12.6. The molecule has 3 aromatic rings. The average Bonchev–Trinajstić information content (AvgIpc) is 2.73. The van der Waals surface area contributed by atoms with Crippen molar-refractivity contribution in [1.29, 1.82) is 0 Å². The molecule has 0 unspecified atom stereocenters. The van der Waals surface area contributed by atoms with E-state index in [-0.39, 0.29) is 21.7 Å². The minimum atomic E-state index is -3.86. The van der Waals surface area contributed by atoms with E-state index in [1.807, 2.05) is 30.3 Å². The molecule has 29 heavy (non-hydrogen) atoms. The highest BCUT2D eigenvalue weighted by Crippen LogP contribution is 2.21. The standard InChI is InChI=1S/C21H18N2O4S2/c1-15(24)28-14-20(25)17-7-10-19(11-8-17)23-29(26,27)21-12-9-18(13-22-21)16-5-3-2-4-6-16/h2-13,23H,14H2,1H3. The topological polar surface area (TPSA) is 93.2 Å². The highest BCUT2D eigenvalue weighted by Gasteiger charge is 2.16. The number of ketones is 1. The zero-order valence-electron chi connectivity index (χ0n) is 15.5. The molecule has 0 bridgehead atoms. The van der Waals surface area contributed by atoms with E-state index in [0.29, 0.717) is 11.3 Å². The van der Waals surface area contributed by atoms with E-state index < -0.39 is 10.0 Å². The summed E-state index contributed by atoms with van der Waals surface area (Å²) in [5.74, 6) is -0.143. The van der Waals surface area contributed by atoms with Crippen molar-refractivity contribution in [3.05, 3.63) is 78.5 Å². The van der Waals surface area contributed by atoms with Gasteiger partial charge in [0.15, 0.2) is 15.9 Å². The minimum absolute atomic E-state index is 0.0537. The number of carbonyl (C=O) groups is 2. The number of anilines is 1. The Hall–Kier alpha value is -2.97. The molecule has 0 atom stereocenters. The van der Waals surface area contributed by atoms with Crippen LogP contribution in [0.4, 0.5) is 5.69 Å². The van der Waals surface area contributed by atoms with E-state index in [0.717, 1.165) is 22.9 Å². The van der Waals surface area contributed by atoms with E-state index >= 15 is 0 Å². The Labute approximate surface area is 173 Å². The fourth-order valence-corrected chi connectivity index (χ4v) is 4.01. The lowest BCUT2D eigenvalue weighted by Gasteiger charge is -2.09. The first-order valence-corrected chi connectivity index (χ1v) is 11.1. The minimum Gasteiger partial charge on any atom is -0.293 e. The Bertz CT molecular complexity index is 1110. The van der Waals surface area contributed by atoms with Gasteiger partial charge in [-0.25, -0.2) is 4.98 Å². The quantitative estimate of drug-likeness (QED) is 0.574. The highest BCUT2D eigenvalue weighted by atomic mass is 32.2. The van der Waals surface area contributed by atoms with E-state index in [9.17, 15) is 18.0 Å². The molecule has 0 aliphatic rings. The molecule has 1 N–H and O–H groups in total. The molecule has 2 aromatic carbocycles. The predicted octanol–water partition coefficient (Wildman–Crippen LogP) is 4.01. The molecule has 1 aromatic heterocycles. The smallest absolute Gasteiger partial charge is 0.279 e. The number of hydrogen-bond donors (Lipinski definition) is 1. The SMILES string of the molecule is CC(=O)SCC(=O)c1ccc(NS(=O)(=O)c2ccc(-c3ccccc3)cn2)cc1. The highest BCUT2D eigenvalue weighted by molar-refractivity contribution is 8.14. The van der Waals surface area contributed by atoms with Crippen molar-refractivity contribution in [3.63, 3.8) is 0 Å². The molecule has 0 fully saturated rings. The summed E-state index contributed by atoms with van der Waals surface area (Å²) in [6.45, 7) is 1.40. The largest absolute Gasteiger partial charge is 0.293 e. The van der Waals surface area contributed by atoms with Crippen molar-refractivity contribution in [1.82, 2.24) is 4.98 Å². The second-order valence-corrected chi connectivity index (χ2v) is 8.92. The maximum absolute atomic E-state index is 12.6. The molecule has 0 radical (unpaired) electrons. The number of nitrogens with one attached hydrogen (secondary N) is 1. The molecule has 0 amide bonds. The number of pyridine rings is 1. The third-order valence-electron chi connectivity index (χ3n) is 3.98. The van der Waals surface area contributed by atoms with Gasteiger partial charge in [0, 0.05) is 29.9 Å². The summed E-state index contributed by atoms with van der Waals surface area (Å²) in [5, 5.41) is -0.233. The van der Waals surface area contributed by atoms with Gasteiger partial charge in [0.25, 0.3) is 10.0 Å². The van der Waals surface area contributed by atoms with E-state index in [1.165, 1.54) is 43.5 Å². The van der Waals surface area contributed by atoms with Crippen LogP contribution in [-0.2, 0) is 14.8 Å². The number of Topliss-reactive ketones (excluding diaryl/α,β-unsaturated/α-hetero) is 1. The molecule has 3 rings (SSSR count). The summed E-state index contributed by atoms with van der Waals surface area (Å²) in [5.41, 5.74) is 2.48. The Morgan fingerprint density at radius 1 is 0.931 bits per heavy atom. The molecular formula is C21H18N2O4S2. The maximum Gasteiger partial charge on any atom is 0.279 e. The van der Waals surface area contributed by atoms with Crippen molar-refractivity contribution in [2.24, 2.45) is 0 Å². The van der Waals surface area contributed by atoms with Crippen molar-refractivity contribution in [3.8, 4) is 11.1 Å². The molecule has 0 saturated heterocycles. The zero-order valence-corrected chi connectivity index (χ0v) is 17.2. The van der Waals surface area contributed by atoms with Crippen molar-refractivity contribution in [2.75, 3.05) is 10.5 Å². The van der Waals surface area contributed by atoms with Crippen LogP contribution < -0.4 is 4.72 Å². The van der Waals surface area contributed by atoms with Crippen LogP contribution in [0.2, 0.25) is 0 Å². The van der Waals surface area contributed by atoms with Crippen LogP contribution in [0.25, 0.3) is 11.1 Å². The van der Waals surface area contributed by atoms with E-state index in [4.69, 9.17) is 0 Å². The average molecular weight is 427 g/mol. The normalized spacial score (nSPS) is 11.1. The Kier molecular flexibility index (Phi) is 6.46. The summed E-state index contributed by atoms with van der Waals surface area (Å²) in [6, 6.07) is 18.7. The van der Waals surface area contributed by atoms with Gasteiger partial charge in [-0.1, -0.05) is 42.1 Å². The first-order chi connectivity index (χ1) is 13.8. The number of rotatable bonds is 7. The van der Waals surface area contributed by atoms with Gasteiger partial charge < -0.3 is 0 Å². The summed E-state index contributed by atoms with van der Waals surface area (Å²) < 4.78 is 27.6. The van der Waals surface area contributed by atoms with E-state index in [1.54, 1.807) is 6.07 Å². The van der Waals surface area contributed by atoms with Gasteiger partial charge in [-0.3, -0.25) is 14.3 Å². The Morgan fingerprint density at radius 3 is 2.21 bits per heavy atom. The summed E-state index contributed by atoms with van der Waals surface area (Å²) in [4.78, 5) is 27.0. The third-order valence-corrected chi connectivity index (χ3v) is 6.09. The number of thioether (sulfide) groups is 1. The van der Waals surface area contributed by atoms with Gasteiger partial charge in [0.05, 0.1) is 5.75 Å². The van der Waals surface area contributed by atoms with Crippen LogP contribution in [0, 0.1) is 0 Å². The van der Waals surface area contributed by atoms with Crippen LogP contribution in [0.3, 0.4) is 0 Å². The van der Waals surface area contributed by atoms with Crippen LogP contribution in [0.5, 0.6) is 0 Å². The lowest BCUT2D eigenvalue weighted by molar-refractivity contribution is -0.109. The van der Waals surface area contributed by atoms with Crippen molar-refractivity contribution < 1.29 is 18.0 Å². The summed E-state index contributed by atoms with van der Waals surface area (Å²) in [7, 11) is -3.86. The zero-order chi connectivity index (χ0) is 20.9. The van der Waals surface area contributed by atoms with Gasteiger partial charge in [-0.2, -0.15) is 8.42 Å². The van der Waals surface area contributed by atoms with Crippen molar-refractivity contribution >= 4 is 38.4 Å². The van der Waals surface area contributed by atoms with Crippen LogP contribution in [0.1, 0.15) is 17.3 Å². The van der Waals surface area contributed by atoms with Crippen LogP contribution >= 0.6 is 11.8 Å². The molecule has 1 heterocycles. The second-order valence-electron chi connectivity index (χ2n) is 6.14. The number of sulfonamides is 1.